The molecule has 0 aliphatic heterocycles. The minimum atomic E-state index is 0.144. The third kappa shape index (κ3) is 3.31. The quantitative estimate of drug-likeness (QED) is 0.784. The Bertz CT molecular complexity index is 530. The first-order chi connectivity index (χ1) is 10.7. The maximum absolute atomic E-state index is 12.2. The van der Waals surface area contributed by atoms with Gasteiger partial charge in [0.1, 0.15) is 5.82 Å². The van der Waals surface area contributed by atoms with E-state index in [1.165, 1.54) is 37.4 Å². The number of amides is 1. The summed E-state index contributed by atoms with van der Waals surface area (Å²) >= 11 is 1.51. The summed E-state index contributed by atoms with van der Waals surface area (Å²) in [5, 5.41) is 12.6. The van der Waals surface area contributed by atoms with Crippen LogP contribution in [-0.4, -0.2) is 32.5 Å². The molecule has 1 heterocycles. The van der Waals surface area contributed by atoms with Crippen molar-refractivity contribution < 1.29 is 4.79 Å². The van der Waals surface area contributed by atoms with Gasteiger partial charge in [0.25, 0.3) is 0 Å². The number of nitrogens with one attached hydrogen (secondary N) is 1. The first-order valence-corrected chi connectivity index (χ1v) is 9.54. The predicted molar refractivity (Wildman–Crippen MR) is 87.8 cm³/mol. The Hall–Kier alpha value is -1.04. The van der Waals surface area contributed by atoms with E-state index in [4.69, 9.17) is 0 Å². The Kier molecular flexibility index (Phi) is 5.06. The van der Waals surface area contributed by atoms with Crippen molar-refractivity contribution in [1.29, 1.82) is 0 Å². The van der Waals surface area contributed by atoms with Crippen LogP contribution in [-0.2, 0) is 17.8 Å². The molecule has 0 aromatic carbocycles. The molecule has 5 nitrogen and oxygen atoms in total. The minimum Gasteiger partial charge on any atom is -0.352 e. The van der Waals surface area contributed by atoms with Gasteiger partial charge in [-0.2, -0.15) is 0 Å². The second-order valence-corrected chi connectivity index (χ2v) is 7.47. The van der Waals surface area contributed by atoms with Crippen LogP contribution in [0.1, 0.15) is 51.8 Å². The number of fused-ring (bicyclic) bond motifs is 2. The summed E-state index contributed by atoms with van der Waals surface area (Å²) in [6, 6.07) is 0.423. The number of hydrogen-bond acceptors (Lipinski definition) is 4. The molecule has 22 heavy (non-hydrogen) atoms. The van der Waals surface area contributed by atoms with Crippen LogP contribution in [0.15, 0.2) is 5.16 Å². The molecule has 1 aromatic rings. The van der Waals surface area contributed by atoms with Crippen molar-refractivity contribution >= 4 is 17.7 Å². The summed E-state index contributed by atoms with van der Waals surface area (Å²) in [4.78, 5) is 12.2. The van der Waals surface area contributed by atoms with Gasteiger partial charge in [0.05, 0.1) is 5.75 Å². The average molecular weight is 322 g/mol. The molecule has 0 radical (unpaired) electrons. The van der Waals surface area contributed by atoms with Gasteiger partial charge in [-0.15, -0.1) is 10.2 Å². The Morgan fingerprint density at radius 2 is 2.18 bits per heavy atom. The maximum atomic E-state index is 12.2. The molecule has 2 saturated carbocycles. The zero-order valence-electron chi connectivity index (χ0n) is 13.5. The number of carbonyl (C=O) groups excluding carboxylic acids is 1. The Morgan fingerprint density at radius 3 is 2.82 bits per heavy atom. The van der Waals surface area contributed by atoms with E-state index in [0.717, 1.165) is 42.2 Å². The lowest BCUT2D eigenvalue weighted by Gasteiger charge is -2.22. The molecule has 1 amide bonds. The smallest absolute Gasteiger partial charge is 0.230 e. The second-order valence-electron chi connectivity index (χ2n) is 6.53. The van der Waals surface area contributed by atoms with E-state index in [-0.39, 0.29) is 5.91 Å². The normalized spacial score (nSPS) is 26.5. The summed E-state index contributed by atoms with van der Waals surface area (Å²) in [6.45, 7) is 5.10. The molecular weight excluding hydrogens is 296 g/mol. The van der Waals surface area contributed by atoms with E-state index >= 15 is 0 Å². The highest BCUT2D eigenvalue weighted by Gasteiger charge is 2.40. The van der Waals surface area contributed by atoms with Crippen LogP contribution in [0, 0.1) is 11.8 Å². The van der Waals surface area contributed by atoms with Crippen LogP contribution in [0.4, 0.5) is 0 Å². The molecule has 122 valence electrons. The zero-order valence-corrected chi connectivity index (χ0v) is 14.4. The molecule has 1 aromatic heterocycles. The van der Waals surface area contributed by atoms with Crippen LogP contribution in [0.25, 0.3) is 0 Å². The molecular formula is C16H26N4OS. The van der Waals surface area contributed by atoms with Crippen LogP contribution in [0.2, 0.25) is 0 Å². The summed E-state index contributed by atoms with van der Waals surface area (Å²) in [5.41, 5.74) is 0. The highest BCUT2D eigenvalue weighted by Crippen LogP contribution is 2.44. The highest BCUT2D eigenvalue weighted by atomic mass is 32.2. The first-order valence-electron chi connectivity index (χ1n) is 8.55. The van der Waals surface area contributed by atoms with Gasteiger partial charge in [0, 0.05) is 19.0 Å². The number of thioether (sulfide) groups is 1. The second kappa shape index (κ2) is 7.02. The topological polar surface area (TPSA) is 59.8 Å². The molecule has 3 atom stereocenters. The molecule has 2 aliphatic rings. The number of nitrogens with zero attached hydrogens (tertiary/aromatic N) is 3. The van der Waals surface area contributed by atoms with E-state index in [0.29, 0.717) is 11.8 Å². The van der Waals surface area contributed by atoms with Gasteiger partial charge in [0.15, 0.2) is 5.16 Å². The van der Waals surface area contributed by atoms with Crippen molar-refractivity contribution in [1.82, 2.24) is 20.1 Å². The number of aryl methyl sites for hydroxylation is 1. The Morgan fingerprint density at radius 1 is 1.32 bits per heavy atom. The third-order valence-electron chi connectivity index (χ3n) is 5.00. The van der Waals surface area contributed by atoms with Gasteiger partial charge >= 0.3 is 0 Å². The van der Waals surface area contributed by atoms with Gasteiger partial charge in [-0.1, -0.05) is 25.1 Å². The largest absolute Gasteiger partial charge is 0.352 e. The number of carbonyl (C=O) groups is 1. The summed E-state index contributed by atoms with van der Waals surface area (Å²) in [5.74, 6) is 3.21. The fourth-order valence-electron chi connectivity index (χ4n) is 3.95. The number of hydrogen-bond donors (Lipinski definition) is 1. The molecule has 2 fully saturated rings. The van der Waals surface area contributed by atoms with Crippen LogP contribution in [0.3, 0.4) is 0 Å². The van der Waals surface area contributed by atoms with Crippen molar-refractivity contribution in [2.75, 3.05) is 5.75 Å². The van der Waals surface area contributed by atoms with Gasteiger partial charge in [-0.3, -0.25) is 4.79 Å². The molecule has 2 bridgehead atoms. The fraction of sp³-hybridized carbons (Fsp3) is 0.812. The van der Waals surface area contributed by atoms with Crippen LogP contribution >= 0.6 is 11.8 Å². The predicted octanol–water partition coefficient (Wildman–Crippen LogP) is 2.65. The average Bonchev–Trinajstić information content (AvgIpc) is 3.20. The van der Waals surface area contributed by atoms with Crippen molar-refractivity contribution in [2.24, 2.45) is 11.8 Å². The summed E-state index contributed by atoms with van der Waals surface area (Å²) in [7, 11) is 0. The van der Waals surface area contributed by atoms with E-state index in [1.54, 1.807) is 0 Å². The van der Waals surface area contributed by atoms with Crippen molar-refractivity contribution in [3.63, 3.8) is 0 Å². The Labute approximate surface area is 136 Å². The SMILES string of the molecule is CCCc1nnc(SCC(=O)N[C@@H]2C[C@@H]3CC[C@@H]2C3)n1CC. The lowest BCUT2D eigenvalue weighted by Crippen LogP contribution is -2.39. The molecule has 0 spiro atoms. The van der Waals surface area contributed by atoms with Gasteiger partial charge in [0.2, 0.25) is 5.91 Å². The Balaban J connectivity index is 1.50. The van der Waals surface area contributed by atoms with Gasteiger partial charge in [-0.05, 0) is 44.4 Å². The minimum absolute atomic E-state index is 0.144. The molecule has 2 aliphatic carbocycles. The van der Waals surface area contributed by atoms with E-state index < -0.39 is 0 Å². The number of rotatable bonds is 7. The molecule has 1 N–H and O–H groups in total. The van der Waals surface area contributed by atoms with Crippen LogP contribution < -0.4 is 5.32 Å². The maximum Gasteiger partial charge on any atom is 0.230 e. The molecule has 6 heteroatoms. The standard InChI is InChI=1S/C16H26N4OS/c1-3-5-14-18-19-16(20(14)4-2)22-10-15(21)17-13-9-11-6-7-12(13)8-11/h11-13H,3-10H2,1-2H3,(H,17,21)/t11-,12-,13-/m1/s1. The van der Waals surface area contributed by atoms with Crippen molar-refractivity contribution in [3.05, 3.63) is 5.82 Å². The zero-order chi connectivity index (χ0) is 15.5. The highest BCUT2D eigenvalue weighted by molar-refractivity contribution is 7.99. The molecule has 0 unspecified atom stereocenters. The van der Waals surface area contributed by atoms with E-state index in [9.17, 15) is 4.79 Å². The molecule has 3 rings (SSSR count). The van der Waals surface area contributed by atoms with Gasteiger partial charge in [-0.25, -0.2) is 0 Å². The van der Waals surface area contributed by atoms with E-state index in [1.807, 2.05) is 0 Å². The van der Waals surface area contributed by atoms with E-state index in [2.05, 4.69) is 33.9 Å². The van der Waals surface area contributed by atoms with Crippen molar-refractivity contribution in [2.45, 2.75) is 70.1 Å². The lowest BCUT2D eigenvalue weighted by atomic mass is 9.95. The molecule has 0 saturated heterocycles. The van der Waals surface area contributed by atoms with Crippen molar-refractivity contribution in [3.8, 4) is 0 Å². The van der Waals surface area contributed by atoms with Gasteiger partial charge < -0.3 is 9.88 Å². The lowest BCUT2D eigenvalue weighted by molar-refractivity contribution is -0.119. The monoisotopic (exact) mass is 322 g/mol. The fourth-order valence-corrected chi connectivity index (χ4v) is 4.78. The summed E-state index contributed by atoms with van der Waals surface area (Å²) < 4.78 is 2.12. The summed E-state index contributed by atoms with van der Waals surface area (Å²) in [6.07, 6.45) is 7.18. The number of aromatic nitrogens is 3. The first kappa shape index (κ1) is 15.8. The van der Waals surface area contributed by atoms with Crippen LogP contribution in [0.5, 0.6) is 0 Å². The third-order valence-corrected chi connectivity index (χ3v) is 5.97.